The van der Waals surface area contributed by atoms with Gasteiger partial charge in [-0.25, -0.2) is 9.13 Å². The lowest BCUT2D eigenvalue weighted by Crippen LogP contribution is -2.42. The summed E-state index contributed by atoms with van der Waals surface area (Å²) in [6.45, 7) is 2.73. The third-order valence-electron chi connectivity index (χ3n) is 4.04. The minimum Gasteiger partial charge on any atom is -0.390 e. The van der Waals surface area contributed by atoms with Gasteiger partial charge in [0.15, 0.2) is 0 Å². The van der Waals surface area contributed by atoms with E-state index in [1.807, 2.05) is 0 Å². The standard InChI is InChI=1S/C14H22N7O4/c1-21(2,11-3-7-17-9-5-15-13(17)19(22)23)12-4-8-18-10-6-16-14(18)20(24)25/h5-6,9-10H,3-4,7-8,11-12H2,1-2H3/q+1. The minimum atomic E-state index is -0.488. The predicted octanol–water partition coefficient (Wildman–Crippen LogP) is 1.45. The van der Waals surface area contributed by atoms with Gasteiger partial charge < -0.3 is 24.7 Å². The molecule has 2 heterocycles. The molecule has 136 valence electrons. The average molecular weight is 352 g/mol. The average Bonchev–Trinajstić information content (AvgIpc) is 3.15. The number of aromatic nitrogens is 4. The van der Waals surface area contributed by atoms with Crippen molar-refractivity contribution in [3.8, 4) is 0 Å². The fourth-order valence-electron chi connectivity index (χ4n) is 2.75. The summed E-state index contributed by atoms with van der Waals surface area (Å²) in [5.74, 6) is -0.282. The van der Waals surface area contributed by atoms with Crippen molar-refractivity contribution in [1.29, 1.82) is 0 Å². The summed E-state index contributed by atoms with van der Waals surface area (Å²) in [6, 6.07) is 0. The number of quaternary nitrogens is 1. The fraction of sp³-hybridized carbons (Fsp3) is 0.571. The maximum atomic E-state index is 10.8. The van der Waals surface area contributed by atoms with Crippen molar-refractivity contribution in [3.05, 3.63) is 45.0 Å². The van der Waals surface area contributed by atoms with Gasteiger partial charge in [-0.05, 0) is 9.85 Å². The van der Waals surface area contributed by atoms with Crippen LogP contribution in [-0.2, 0) is 13.1 Å². The summed E-state index contributed by atoms with van der Waals surface area (Å²) in [5, 5.41) is 21.7. The first-order valence-electron chi connectivity index (χ1n) is 7.93. The van der Waals surface area contributed by atoms with Crippen molar-refractivity contribution < 1.29 is 14.3 Å². The number of hydrogen-bond donors (Lipinski definition) is 0. The van der Waals surface area contributed by atoms with Crippen LogP contribution in [0.4, 0.5) is 11.9 Å². The van der Waals surface area contributed by atoms with Crippen LogP contribution in [0.25, 0.3) is 0 Å². The monoisotopic (exact) mass is 352 g/mol. The normalized spacial score (nSPS) is 11.6. The molecule has 0 aromatic carbocycles. The molecule has 0 amide bonds. The van der Waals surface area contributed by atoms with Gasteiger partial charge in [0.1, 0.15) is 24.8 Å². The predicted molar refractivity (Wildman–Crippen MR) is 88.8 cm³/mol. The number of aryl methyl sites for hydroxylation is 2. The zero-order valence-corrected chi connectivity index (χ0v) is 14.3. The molecule has 0 radical (unpaired) electrons. The molecule has 0 spiro atoms. The minimum absolute atomic E-state index is 0.141. The van der Waals surface area contributed by atoms with Gasteiger partial charge in [0.25, 0.3) is 0 Å². The Labute approximate surface area is 144 Å². The fourth-order valence-corrected chi connectivity index (χ4v) is 2.75. The number of rotatable bonds is 10. The van der Waals surface area contributed by atoms with E-state index in [1.165, 1.54) is 21.5 Å². The van der Waals surface area contributed by atoms with Crippen LogP contribution < -0.4 is 0 Å². The van der Waals surface area contributed by atoms with Crippen molar-refractivity contribution in [1.82, 2.24) is 19.1 Å². The molecule has 0 aliphatic carbocycles. The topological polar surface area (TPSA) is 122 Å². The van der Waals surface area contributed by atoms with Crippen LogP contribution in [0.3, 0.4) is 0 Å². The van der Waals surface area contributed by atoms with E-state index in [0.717, 1.165) is 30.4 Å². The van der Waals surface area contributed by atoms with E-state index in [2.05, 4.69) is 24.1 Å². The highest BCUT2D eigenvalue weighted by atomic mass is 16.6. The zero-order valence-electron chi connectivity index (χ0n) is 14.3. The summed E-state index contributed by atoms with van der Waals surface area (Å²) >= 11 is 0. The second kappa shape index (κ2) is 7.83. The van der Waals surface area contributed by atoms with Gasteiger partial charge in [-0.3, -0.25) is 0 Å². The molecule has 2 rings (SSSR count). The first-order chi connectivity index (χ1) is 11.8. The first-order valence-corrected chi connectivity index (χ1v) is 7.93. The Kier molecular flexibility index (Phi) is 5.80. The quantitative estimate of drug-likeness (QED) is 0.362. The third-order valence-corrected chi connectivity index (χ3v) is 4.04. The number of nitrogens with zero attached hydrogens (tertiary/aromatic N) is 7. The Morgan fingerprint density at radius 2 is 1.32 bits per heavy atom. The number of imidazole rings is 2. The molecule has 2 aromatic rings. The molecule has 0 N–H and O–H groups in total. The summed E-state index contributed by atoms with van der Waals surface area (Å²) in [5.41, 5.74) is 0. The van der Waals surface area contributed by atoms with E-state index in [9.17, 15) is 20.2 Å². The zero-order chi connectivity index (χ0) is 18.4. The van der Waals surface area contributed by atoms with Crippen molar-refractivity contribution in [2.75, 3.05) is 27.2 Å². The van der Waals surface area contributed by atoms with Gasteiger partial charge in [-0.2, -0.15) is 0 Å². The largest absolute Gasteiger partial charge is 0.434 e. The summed E-state index contributed by atoms with van der Waals surface area (Å²) in [6.07, 6.45) is 7.61. The molecule has 0 aliphatic heterocycles. The molecule has 0 saturated heterocycles. The summed E-state index contributed by atoms with van der Waals surface area (Å²) < 4.78 is 3.80. The highest BCUT2D eigenvalue weighted by molar-refractivity contribution is 5.06. The van der Waals surface area contributed by atoms with E-state index in [-0.39, 0.29) is 11.9 Å². The van der Waals surface area contributed by atoms with Crippen LogP contribution in [0.5, 0.6) is 0 Å². The van der Waals surface area contributed by atoms with Gasteiger partial charge in [-0.1, -0.05) is 9.97 Å². The second-order valence-corrected chi connectivity index (χ2v) is 6.45. The van der Waals surface area contributed by atoms with Crippen molar-refractivity contribution >= 4 is 11.9 Å². The van der Waals surface area contributed by atoms with Gasteiger partial charge in [0.05, 0.1) is 40.3 Å². The lowest BCUT2D eigenvalue weighted by Gasteiger charge is -2.29. The smallest absolute Gasteiger partial charge is 0.390 e. The molecule has 25 heavy (non-hydrogen) atoms. The molecule has 0 saturated carbocycles. The molecule has 0 bridgehead atoms. The van der Waals surface area contributed by atoms with E-state index in [0.29, 0.717) is 13.1 Å². The highest BCUT2D eigenvalue weighted by Crippen LogP contribution is 2.12. The van der Waals surface area contributed by atoms with Crippen LogP contribution >= 0.6 is 0 Å². The maximum absolute atomic E-state index is 10.8. The van der Waals surface area contributed by atoms with E-state index >= 15 is 0 Å². The van der Waals surface area contributed by atoms with Crippen LogP contribution in [0.15, 0.2) is 24.8 Å². The Morgan fingerprint density at radius 1 is 0.920 bits per heavy atom. The van der Waals surface area contributed by atoms with Crippen LogP contribution in [0.2, 0.25) is 0 Å². The van der Waals surface area contributed by atoms with Crippen LogP contribution in [-0.4, -0.2) is 60.6 Å². The van der Waals surface area contributed by atoms with Crippen molar-refractivity contribution in [2.24, 2.45) is 0 Å². The third kappa shape index (κ3) is 5.08. The molecular formula is C14H22N7O4+. The molecular weight excluding hydrogens is 330 g/mol. The Bertz CT molecular complexity index is 677. The van der Waals surface area contributed by atoms with Gasteiger partial charge in [-0.15, -0.1) is 0 Å². The molecule has 0 atom stereocenters. The lowest BCUT2D eigenvalue weighted by molar-refractivity contribution is -0.890. The number of hydrogen-bond acceptors (Lipinski definition) is 6. The Balaban J connectivity index is 1.77. The van der Waals surface area contributed by atoms with E-state index in [1.54, 1.807) is 12.4 Å². The molecule has 0 fully saturated rings. The van der Waals surface area contributed by atoms with E-state index in [4.69, 9.17) is 0 Å². The summed E-state index contributed by atoms with van der Waals surface area (Å²) in [7, 11) is 4.15. The summed E-state index contributed by atoms with van der Waals surface area (Å²) in [4.78, 5) is 28.1. The van der Waals surface area contributed by atoms with Gasteiger partial charge >= 0.3 is 11.9 Å². The van der Waals surface area contributed by atoms with Gasteiger partial charge in [0.2, 0.25) is 0 Å². The number of nitro groups is 2. The second-order valence-electron chi connectivity index (χ2n) is 6.45. The Hall–Kier alpha value is -2.82. The van der Waals surface area contributed by atoms with Crippen molar-refractivity contribution in [3.63, 3.8) is 0 Å². The van der Waals surface area contributed by atoms with Crippen LogP contribution in [0, 0.1) is 20.2 Å². The van der Waals surface area contributed by atoms with E-state index < -0.39 is 9.85 Å². The first kappa shape index (κ1) is 18.5. The lowest BCUT2D eigenvalue weighted by atomic mass is 10.3. The van der Waals surface area contributed by atoms with Crippen molar-refractivity contribution in [2.45, 2.75) is 25.9 Å². The molecule has 0 unspecified atom stereocenters. The molecule has 11 heteroatoms. The van der Waals surface area contributed by atoms with Crippen LogP contribution in [0.1, 0.15) is 12.8 Å². The highest BCUT2D eigenvalue weighted by Gasteiger charge is 2.19. The van der Waals surface area contributed by atoms with Gasteiger partial charge in [0, 0.05) is 12.8 Å². The Morgan fingerprint density at radius 3 is 1.68 bits per heavy atom. The SMILES string of the molecule is C[N+](C)(CCCn1ccnc1[N+](=O)[O-])CCCn1ccnc1[N+](=O)[O-]. The molecule has 11 nitrogen and oxygen atoms in total. The molecule has 0 aliphatic rings. The maximum Gasteiger partial charge on any atom is 0.434 e. The molecule has 2 aromatic heterocycles.